The van der Waals surface area contributed by atoms with Crippen molar-refractivity contribution in [1.82, 2.24) is 0 Å². The number of aliphatic hydroxyl groups excluding tert-OH is 1. The summed E-state index contributed by atoms with van der Waals surface area (Å²) in [4.78, 5) is 0. The number of benzene rings is 1. The minimum absolute atomic E-state index is 0.369. The summed E-state index contributed by atoms with van der Waals surface area (Å²) < 4.78 is 5.44. The molecule has 2 rings (SSSR count). The molecule has 0 saturated carbocycles. The van der Waals surface area contributed by atoms with E-state index in [1.54, 1.807) is 6.26 Å². The lowest BCUT2D eigenvalue weighted by Gasteiger charge is -2.19. The molecule has 0 amide bonds. The summed E-state index contributed by atoms with van der Waals surface area (Å²) in [6.45, 7) is 10.6. The highest BCUT2D eigenvalue weighted by molar-refractivity contribution is 5.40. The number of furan rings is 1. The third-order valence-electron chi connectivity index (χ3n) is 3.84. The van der Waals surface area contributed by atoms with Crippen LogP contribution >= 0.6 is 0 Å². The van der Waals surface area contributed by atoms with E-state index in [2.05, 4.69) is 39.8 Å². The summed E-state index contributed by atoms with van der Waals surface area (Å²) in [6.07, 6.45) is 0.939. The largest absolute Gasteiger partial charge is 0.466 e. The molecule has 1 N–H and O–H groups in total. The van der Waals surface area contributed by atoms with Gasteiger partial charge in [0, 0.05) is 0 Å². The first-order valence-electron chi connectivity index (χ1n) is 7.27. The molecule has 1 aromatic heterocycles. The molecule has 0 saturated heterocycles. The van der Waals surface area contributed by atoms with Gasteiger partial charge in [0.05, 0.1) is 6.26 Å². The second-order valence-corrected chi connectivity index (χ2v) is 6.07. The van der Waals surface area contributed by atoms with Gasteiger partial charge in [-0.2, -0.15) is 0 Å². The molecule has 0 spiro atoms. The molecule has 0 aliphatic heterocycles. The Bertz CT molecular complexity index is 579. The number of rotatable bonds is 4. The standard InChI is InChI=1S/C18H24O2/c1-11(2)14-6-7-15(16(10-14)12(3)4)17(19)18-13(5)8-9-20-18/h6-12,17,19H,1-5H3. The summed E-state index contributed by atoms with van der Waals surface area (Å²) in [5.74, 6) is 1.50. The summed E-state index contributed by atoms with van der Waals surface area (Å²) in [5, 5.41) is 10.6. The maximum absolute atomic E-state index is 10.6. The Morgan fingerprint density at radius 3 is 2.15 bits per heavy atom. The van der Waals surface area contributed by atoms with Crippen LogP contribution < -0.4 is 0 Å². The molecule has 2 aromatic rings. The third-order valence-corrected chi connectivity index (χ3v) is 3.84. The molecule has 0 bridgehead atoms. The molecule has 0 fully saturated rings. The van der Waals surface area contributed by atoms with Crippen molar-refractivity contribution in [3.05, 3.63) is 58.5 Å². The van der Waals surface area contributed by atoms with E-state index in [4.69, 9.17) is 4.42 Å². The first-order chi connectivity index (χ1) is 9.41. The zero-order valence-electron chi connectivity index (χ0n) is 13.0. The van der Waals surface area contributed by atoms with Crippen LogP contribution in [-0.2, 0) is 0 Å². The van der Waals surface area contributed by atoms with Crippen molar-refractivity contribution < 1.29 is 9.52 Å². The number of hydrogen-bond donors (Lipinski definition) is 1. The lowest BCUT2D eigenvalue weighted by Crippen LogP contribution is -2.06. The van der Waals surface area contributed by atoms with Gasteiger partial charge in [0.1, 0.15) is 11.9 Å². The predicted molar refractivity (Wildman–Crippen MR) is 82.1 cm³/mol. The van der Waals surface area contributed by atoms with Gasteiger partial charge >= 0.3 is 0 Å². The average Bonchev–Trinajstić information content (AvgIpc) is 2.83. The molecule has 1 aromatic carbocycles. The van der Waals surface area contributed by atoms with Crippen LogP contribution in [0.3, 0.4) is 0 Å². The molecule has 108 valence electrons. The lowest BCUT2D eigenvalue weighted by molar-refractivity contribution is 0.187. The summed E-state index contributed by atoms with van der Waals surface area (Å²) >= 11 is 0. The molecule has 0 aliphatic carbocycles. The van der Waals surface area contributed by atoms with Crippen molar-refractivity contribution in [1.29, 1.82) is 0 Å². The molecule has 1 heterocycles. The molecule has 20 heavy (non-hydrogen) atoms. The molecule has 1 unspecified atom stereocenters. The molecular weight excluding hydrogens is 248 g/mol. The van der Waals surface area contributed by atoms with Crippen LogP contribution in [0.25, 0.3) is 0 Å². The SMILES string of the molecule is Cc1ccoc1C(O)c1ccc(C(C)C)cc1C(C)C. The minimum atomic E-state index is -0.691. The number of aliphatic hydroxyl groups is 1. The summed E-state index contributed by atoms with van der Waals surface area (Å²) in [5.41, 5.74) is 4.43. The Morgan fingerprint density at radius 2 is 1.65 bits per heavy atom. The molecule has 0 aliphatic rings. The van der Waals surface area contributed by atoms with Gasteiger partial charge in [-0.05, 0) is 47.1 Å². The van der Waals surface area contributed by atoms with Gasteiger partial charge in [-0.3, -0.25) is 0 Å². The zero-order valence-corrected chi connectivity index (χ0v) is 13.0. The van der Waals surface area contributed by atoms with Crippen LogP contribution in [0.4, 0.5) is 0 Å². The molecule has 1 atom stereocenters. The Hall–Kier alpha value is -1.54. The van der Waals surface area contributed by atoms with Crippen LogP contribution in [0.5, 0.6) is 0 Å². The van der Waals surface area contributed by atoms with Gasteiger partial charge in [0.25, 0.3) is 0 Å². The fraction of sp³-hybridized carbons (Fsp3) is 0.444. The van der Waals surface area contributed by atoms with Gasteiger partial charge in [0.2, 0.25) is 0 Å². The van der Waals surface area contributed by atoms with Gasteiger partial charge in [0.15, 0.2) is 0 Å². The van der Waals surface area contributed by atoms with Crippen molar-refractivity contribution in [2.75, 3.05) is 0 Å². The highest BCUT2D eigenvalue weighted by Gasteiger charge is 2.21. The van der Waals surface area contributed by atoms with Crippen LogP contribution in [0.1, 0.15) is 73.6 Å². The quantitative estimate of drug-likeness (QED) is 0.857. The van der Waals surface area contributed by atoms with Crippen LogP contribution in [0.15, 0.2) is 34.9 Å². The molecular formula is C18H24O2. The van der Waals surface area contributed by atoms with Crippen molar-refractivity contribution in [2.45, 2.75) is 52.6 Å². The molecule has 0 radical (unpaired) electrons. The lowest BCUT2D eigenvalue weighted by atomic mass is 9.88. The summed E-state index contributed by atoms with van der Waals surface area (Å²) in [6, 6.07) is 8.24. The maximum atomic E-state index is 10.6. The van der Waals surface area contributed by atoms with Gasteiger partial charge in [-0.25, -0.2) is 0 Å². The topological polar surface area (TPSA) is 33.4 Å². The smallest absolute Gasteiger partial charge is 0.139 e. The van der Waals surface area contributed by atoms with E-state index in [1.807, 2.05) is 19.1 Å². The van der Waals surface area contributed by atoms with E-state index >= 15 is 0 Å². The first kappa shape index (κ1) is 14.9. The van der Waals surface area contributed by atoms with Crippen LogP contribution in [-0.4, -0.2) is 5.11 Å². The van der Waals surface area contributed by atoms with Crippen molar-refractivity contribution in [3.8, 4) is 0 Å². The zero-order chi connectivity index (χ0) is 14.9. The Balaban J connectivity index is 2.48. The van der Waals surface area contributed by atoms with E-state index in [-0.39, 0.29) is 0 Å². The Morgan fingerprint density at radius 1 is 0.950 bits per heavy atom. The average molecular weight is 272 g/mol. The number of aryl methyl sites for hydroxylation is 1. The first-order valence-corrected chi connectivity index (χ1v) is 7.27. The van der Waals surface area contributed by atoms with Crippen molar-refractivity contribution in [2.24, 2.45) is 0 Å². The van der Waals surface area contributed by atoms with Gasteiger partial charge < -0.3 is 9.52 Å². The van der Waals surface area contributed by atoms with Crippen LogP contribution in [0, 0.1) is 6.92 Å². The fourth-order valence-corrected chi connectivity index (χ4v) is 2.51. The normalized spacial score (nSPS) is 13.2. The second kappa shape index (κ2) is 5.84. The van der Waals surface area contributed by atoms with E-state index in [0.29, 0.717) is 17.6 Å². The van der Waals surface area contributed by atoms with E-state index < -0.39 is 6.10 Å². The highest BCUT2D eigenvalue weighted by Crippen LogP contribution is 2.33. The van der Waals surface area contributed by atoms with E-state index in [0.717, 1.165) is 11.1 Å². The molecule has 2 nitrogen and oxygen atoms in total. The summed E-state index contributed by atoms with van der Waals surface area (Å²) in [7, 11) is 0. The van der Waals surface area contributed by atoms with Crippen LogP contribution in [0.2, 0.25) is 0 Å². The second-order valence-electron chi connectivity index (χ2n) is 6.07. The Kier molecular flexibility index (Phi) is 4.34. The number of hydrogen-bond acceptors (Lipinski definition) is 2. The highest BCUT2D eigenvalue weighted by atomic mass is 16.4. The van der Waals surface area contributed by atoms with Gasteiger partial charge in [-0.1, -0.05) is 45.9 Å². The molecule has 2 heteroatoms. The van der Waals surface area contributed by atoms with E-state index in [1.165, 1.54) is 11.1 Å². The van der Waals surface area contributed by atoms with Crippen molar-refractivity contribution >= 4 is 0 Å². The van der Waals surface area contributed by atoms with E-state index in [9.17, 15) is 5.11 Å². The van der Waals surface area contributed by atoms with Gasteiger partial charge in [-0.15, -0.1) is 0 Å². The minimum Gasteiger partial charge on any atom is -0.466 e. The predicted octanol–water partition coefficient (Wildman–Crippen LogP) is 4.92. The monoisotopic (exact) mass is 272 g/mol. The maximum Gasteiger partial charge on any atom is 0.139 e. The fourth-order valence-electron chi connectivity index (χ4n) is 2.51. The van der Waals surface area contributed by atoms with Crippen molar-refractivity contribution in [3.63, 3.8) is 0 Å². The Labute approximate surface area is 121 Å². The third kappa shape index (κ3) is 2.80.